The minimum Gasteiger partial charge on any atom is -0.465 e. The first-order valence-corrected chi connectivity index (χ1v) is 13.5. The van der Waals surface area contributed by atoms with Gasteiger partial charge in [0.1, 0.15) is 0 Å². The quantitative estimate of drug-likeness (QED) is 0.254. The number of nitrogens with one attached hydrogen (secondary N) is 1. The van der Waals surface area contributed by atoms with Gasteiger partial charge in [0.05, 0.1) is 35.3 Å². The number of hydrogen-bond donors (Lipinski definition) is 1. The molecule has 8 heteroatoms. The number of nitrogens with zero attached hydrogens (tertiary/aromatic N) is 2. The highest BCUT2D eigenvalue weighted by Crippen LogP contribution is 2.32. The predicted molar refractivity (Wildman–Crippen MR) is 146 cm³/mol. The van der Waals surface area contributed by atoms with Gasteiger partial charge < -0.3 is 4.74 Å². The van der Waals surface area contributed by atoms with E-state index in [2.05, 4.69) is 9.40 Å². The summed E-state index contributed by atoms with van der Waals surface area (Å²) in [4.78, 5) is 38.6. The molecule has 4 aromatic rings. The number of ether oxygens (including phenoxy) is 1. The summed E-state index contributed by atoms with van der Waals surface area (Å²) in [6.07, 6.45) is 5.57. The molecule has 1 aliphatic rings. The van der Waals surface area contributed by atoms with Crippen molar-refractivity contribution in [2.24, 2.45) is 0 Å². The molecule has 5 rings (SSSR count). The SMILES string of the molecule is COC(=O)c1ccccc1CSNC(=O)c1ccc2c(c1)c(=O)n(-c1ccccc1)n2C1CCCCC1. The molecule has 1 aliphatic carbocycles. The van der Waals surface area contributed by atoms with Gasteiger partial charge in [-0.2, -0.15) is 0 Å². The molecule has 0 spiro atoms. The Bertz CT molecular complexity index is 1490. The fourth-order valence-corrected chi connectivity index (χ4v) is 5.79. The maximum absolute atomic E-state index is 13.7. The standard InChI is InChI=1S/C29H29N3O4S/c1-36-29(35)24-15-9-8-10-21(24)19-37-30-27(33)20-16-17-26-25(18-20)28(34)32(23-13-6-3-7-14-23)31(26)22-11-4-2-5-12-22/h3,6-10,13-18,22H,2,4-5,11-12,19H2,1H3,(H,30,33). The largest absolute Gasteiger partial charge is 0.465 e. The summed E-state index contributed by atoms with van der Waals surface area (Å²) in [7, 11) is 1.34. The van der Waals surface area contributed by atoms with Crippen molar-refractivity contribution in [2.75, 3.05) is 7.11 Å². The van der Waals surface area contributed by atoms with Gasteiger partial charge in [0, 0.05) is 11.3 Å². The molecule has 0 atom stereocenters. The molecule has 0 radical (unpaired) electrons. The molecule has 3 aromatic carbocycles. The minimum absolute atomic E-state index is 0.124. The third-order valence-corrected chi connectivity index (χ3v) is 7.67. The van der Waals surface area contributed by atoms with E-state index in [1.165, 1.54) is 25.5 Å². The normalized spacial score (nSPS) is 14.0. The summed E-state index contributed by atoms with van der Waals surface area (Å²) in [6, 6.07) is 22.4. The Labute approximate surface area is 219 Å². The van der Waals surface area contributed by atoms with E-state index >= 15 is 0 Å². The molecule has 0 aliphatic heterocycles. The number of rotatable bonds is 7. The van der Waals surface area contributed by atoms with E-state index in [9.17, 15) is 14.4 Å². The Hall–Kier alpha value is -3.78. The number of carbonyl (C=O) groups is 2. The van der Waals surface area contributed by atoms with Crippen molar-refractivity contribution in [3.63, 3.8) is 0 Å². The van der Waals surface area contributed by atoms with E-state index in [1.54, 1.807) is 28.9 Å². The maximum atomic E-state index is 13.7. The van der Waals surface area contributed by atoms with Crippen LogP contribution in [-0.4, -0.2) is 28.3 Å². The summed E-state index contributed by atoms with van der Waals surface area (Å²) >= 11 is 1.19. The average molecular weight is 516 g/mol. The van der Waals surface area contributed by atoms with Crippen molar-refractivity contribution < 1.29 is 14.3 Å². The molecule has 1 fully saturated rings. The van der Waals surface area contributed by atoms with Crippen LogP contribution >= 0.6 is 11.9 Å². The van der Waals surface area contributed by atoms with Gasteiger partial charge >= 0.3 is 5.97 Å². The lowest BCUT2D eigenvalue weighted by atomic mass is 9.95. The summed E-state index contributed by atoms with van der Waals surface area (Å²) in [6.45, 7) is 0. The van der Waals surface area contributed by atoms with E-state index in [-0.39, 0.29) is 17.5 Å². The van der Waals surface area contributed by atoms with Gasteiger partial charge in [0.15, 0.2) is 0 Å². The van der Waals surface area contributed by atoms with Crippen LogP contribution < -0.4 is 10.3 Å². The molecule has 7 nitrogen and oxygen atoms in total. The molecule has 1 aromatic heterocycles. The Balaban J connectivity index is 1.42. The van der Waals surface area contributed by atoms with E-state index in [1.807, 2.05) is 48.5 Å². The summed E-state index contributed by atoms with van der Waals surface area (Å²) in [5, 5.41) is 0.531. The van der Waals surface area contributed by atoms with Crippen LogP contribution in [0.1, 0.15) is 64.4 Å². The lowest BCUT2D eigenvalue weighted by Crippen LogP contribution is -2.25. The number of aromatic nitrogens is 2. The van der Waals surface area contributed by atoms with Crippen LogP contribution in [0.2, 0.25) is 0 Å². The van der Waals surface area contributed by atoms with Gasteiger partial charge in [-0.15, -0.1) is 0 Å². The fraction of sp³-hybridized carbons (Fsp3) is 0.276. The first-order valence-electron chi connectivity index (χ1n) is 12.5. The number of esters is 1. The number of methoxy groups -OCH3 is 1. The first kappa shape index (κ1) is 24.9. The van der Waals surface area contributed by atoms with Crippen LogP contribution in [0.4, 0.5) is 0 Å². The number of carbonyl (C=O) groups excluding carboxylic acids is 2. The molecule has 1 N–H and O–H groups in total. The van der Waals surface area contributed by atoms with Crippen LogP contribution in [0.15, 0.2) is 77.6 Å². The Morgan fingerprint density at radius 2 is 1.70 bits per heavy atom. The molecule has 0 bridgehead atoms. The predicted octanol–water partition coefficient (Wildman–Crippen LogP) is 5.66. The van der Waals surface area contributed by atoms with Crippen molar-refractivity contribution in [3.8, 4) is 5.69 Å². The number of para-hydroxylation sites is 1. The number of fused-ring (bicyclic) bond motifs is 1. The molecular formula is C29H29N3O4S. The van der Waals surface area contributed by atoms with E-state index in [4.69, 9.17) is 4.74 Å². The molecule has 1 amide bonds. The average Bonchev–Trinajstić information content (AvgIpc) is 3.25. The molecule has 0 saturated heterocycles. The third kappa shape index (κ3) is 5.06. The second-order valence-corrected chi connectivity index (χ2v) is 9.97. The second-order valence-electron chi connectivity index (χ2n) is 9.19. The van der Waals surface area contributed by atoms with Gasteiger partial charge in [-0.3, -0.25) is 19.0 Å². The third-order valence-electron chi connectivity index (χ3n) is 6.88. The topological polar surface area (TPSA) is 82.3 Å². The van der Waals surface area contributed by atoms with Crippen LogP contribution in [0.5, 0.6) is 0 Å². The monoisotopic (exact) mass is 515 g/mol. The van der Waals surface area contributed by atoms with Gasteiger partial charge in [-0.05, 0) is 66.8 Å². The van der Waals surface area contributed by atoms with Crippen LogP contribution in [0.25, 0.3) is 16.6 Å². The van der Waals surface area contributed by atoms with Crippen molar-refractivity contribution in [2.45, 2.75) is 43.9 Å². The molecule has 1 saturated carbocycles. The number of hydrogen-bond acceptors (Lipinski definition) is 5. The lowest BCUT2D eigenvalue weighted by molar-refractivity contribution is 0.0599. The highest BCUT2D eigenvalue weighted by molar-refractivity contribution is 7.97. The highest BCUT2D eigenvalue weighted by Gasteiger charge is 2.24. The van der Waals surface area contributed by atoms with Gasteiger partial charge in [0.25, 0.3) is 11.5 Å². The minimum atomic E-state index is -0.412. The smallest absolute Gasteiger partial charge is 0.338 e. The molecule has 1 heterocycles. The van der Waals surface area contributed by atoms with Crippen molar-refractivity contribution in [3.05, 3.63) is 99.8 Å². The van der Waals surface area contributed by atoms with E-state index < -0.39 is 5.97 Å². The molecular weight excluding hydrogens is 486 g/mol. The van der Waals surface area contributed by atoms with Crippen molar-refractivity contribution >= 4 is 34.7 Å². The fourth-order valence-electron chi connectivity index (χ4n) is 5.06. The molecule has 190 valence electrons. The zero-order valence-corrected chi connectivity index (χ0v) is 21.5. The van der Waals surface area contributed by atoms with E-state index in [0.717, 1.165) is 42.5 Å². The zero-order valence-electron chi connectivity index (χ0n) is 20.7. The van der Waals surface area contributed by atoms with Gasteiger partial charge in [-0.25, -0.2) is 9.48 Å². The number of benzene rings is 3. The highest BCUT2D eigenvalue weighted by atomic mass is 32.2. The molecule has 0 unspecified atom stereocenters. The van der Waals surface area contributed by atoms with Crippen molar-refractivity contribution in [1.29, 1.82) is 0 Å². The van der Waals surface area contributed by atoms with Gasteiger partial charge in [-0.1, -0.05) is 55.7 Å². The van der Waals surface area contributed by atoms with E-state index in [0.29, 0.717) is 22.3 Å². The van der Waals surface area contributed by atoms with Crippen molar-refractivity contribution in [1.82, 2.24) is 14.1 Å². The maximum Gasteiger partial charge on any atom is 0.338 e. The Kier molecular flexibility index (Phi) is 7.46. The summed E-state index contributed by atoms with van der Waals surface area (Å²) < 4.78 is 11.6. The lowest BCUT2D eigenvalue weighted by Gasteiger charge is -2.26. The second kappa shape index (κ2) is 11.1. The Morgan fingerprint density at radius 1 is 0.973 bits per heavy atom. The summed E-state index contributed by atoms with van der Waals surface area (Å²) in [5.41, 5.74) is 3.20. The van der Waals surface area contributed by atoms with Gasteiger partial charge in [0.2, 0.25) is 0 Å². The Morgan fingerprint density at radius 3 is 2.46 bits per heavy atom. The summed E-state index contributed by atoms with van der Waals surface area (Å²) in [5.74, 6) is -0.304. The number of amides is 1. The van der Waals surface area contributed by atoms with Crippen LogP contribution in [-0.2, 0) is 10.5 Å². The molecule has 37 heavy (non-hydrogen) atoms. The van der Waals surface area contributed by atoms with Crippen LogP contribution in [0.3, 0.4) is 0 Å². The van der Waals surface area contributed by atoms with Crippen LogP contribution in [0, 0.1) is 0 Å². The first-order chi connectivity index (χ1) is 18.1. The zero-order chi connectivity index (χ0) is 25.8.